The van der Waals surface area contributed by atoms with E-state index in [0.29, 0.717) is 22.7 Å². The summed E-state index contributed by atoms with van der Waals surface area (Å²) in [5.41, 5.74) is -1.06. The molecule has 1 aromatic rings. The standard InChI is InChI=1S/C10H15ClO2S/c1-3-10(13,4-2)9(12)8-7(11)5-6-14-8/h5-6,9,12-13H,3-4H2,1-2H3. The van der Waals surface area contributed by atoms with Gasteiger partial charge in [-0.15, -0.1) is 11.3 Å². The van der Waals surface area contributed by atoms with Gasteiger partial charge < -0.3 is 10.2 Å². The number of halogens is 1. The smallest absolute Gasteiger partial charge is 0.118 e. The van der Waals surface area contributed by atoms with Crippen molar-refractivity contribution in [3.05, 3.63) is 21.3 Å². The van der Waals surface area contributed by atoms with Gasteiger partial charge in [-0.3, -0.25) is 0 Å². The first-order valence-electron chi connectivity index (χ1n) is 4.68. The predicted molar refractivity (Wildman–Crippen MR) is 59.8 cm³/mol. The van der Waals surface area contributed by atoms with Crippen LogP contribution in [0.15, 0.2) is 11.4 Å². The fraction of sp³-hybridized carbons (Fsp3) is 0.600. The van der Waals surface area contributed by atoms with Crippen LogP contribution in [0.4, 0.5) is 0 Å². The van der Waals surface area contributed by atoms with Crippen LogP contribution in [-0.4, -0.2) is 15.8 Å². The first-order valence-corrected chi connectivity index (χ1v) is 5.94. The van der Waals surface area contributed by atoms with Crippen LogP contribution in [0, 0.1) is 0 Å². The van der Waals surface area contributed by atoms with Gasteiger partial charge >= 0.3 is 0 Å². The highest BCUT2D eigenvalue weighted by Gasteiger charge is 2.34. The number of aliphatic hydroxyl groups excluding tert-OH is 1. The van der Waals surface area contributed by atoms with Crippen LogP contribution in [0.25, 0.3) is 0 Å². The van der Waals surface area contributed by atoms with Gasteiger partial charge in [0.1, 0.15) is 6.10 Å². The number of hydrogen-bond acceptors (Lipinski definition) is 3. The summed E-state index contributed by atoms with van der Waals surface area (Å²) in [4.78, 5) is 0.651. The molecular weight excluding hydrogens is 220 g/mol. The lowest BCUT2D eigenvalue weighted by molar-refractivity contribution is -0.0804. The van der Waals surface area contributed by atoms with E-state index < -0.39 is 11.7 Å². The third kappa shape index (κ3) is 2.11. The molecule has 1 aromatic heterocycles. The molecule has 1 heterocycles. The van der Waals surface area contributed by atoms with Crippen molar-refractivity contribution in [2.24, 2.45) is 0 Å². The maximum absolute atomic E-state index is 10.1. The molecule has 2 nitrogen and oxygen atoms in total. The average Bonchev–Trinajstić information content (AvgIpc) is 2.62. The first-order chi connectivity index (χ1) is 6.55. The molecule has 80 valence electrons. The topological polar surface area (TPSA) is 40.5 Å². The Balaban J connectivity index is 2.94. The Morgan fingerprint density at radius 3 is 2.43 bits per heavy atom. The lowest BCUT2D eigenvalue weighted by atomic mass is 9.90. The zero-order chi connectivity index (χ0) is 10.8. The normalized spacial score (nSPS) is 14.4. The fourth-order valence-electron chi connectivity index (χ4n) is 1.38. The molecule has 2 N–H and O–H groups in total. The Morgan fingerprint density at radius 1 is 1.50 bits per heavy atom. The molecule has 0 bridgehead atoms. The maximum atomic E-state index is 10.1. The minimum Gasteiger partial charge on any atom is -0.387 e. The predicted octanol–water partition coefficient (Wildman–Crippen LogP) is 2.99. The van der Waals surface area contributed by atoms with E-state index in [0.717, 1.165) is 0 Å². The molecule has 1 atom stereocenters. The number of hydrogen-bond donors (Lipinski definition) is 2. The van der Waals surface area contributed by atoms with Crippen LogP contribution in [-0.2, 0) is 0 Å². The lowest BCUT2D eigenvalue weighted by Crippen LogP contribution is -2.34. The third-order valence-electron chi connectivity index (χ3n) is 2.63. The number of rotatable bonds is 4. The van der Waals surface area contributed by atoms with Crippen molar-refractivity contribution in [1.29, 1.82) is 0 Å². The zero-order valence-electron chi connectivity index (χ0n) is 8.33. The molecule has 1 unspecified atom stereocenters. The van der Waals surface area contributed by atoms with Crippen LogP contribution < -0.4 is 0 Å². The monoisotopic (exact) mass is 234 g/mol. The molecule has 0 amide bonds. The zero-order valence-corrected chi connectivity index (χ0v) is 9.90. The summed E-state index contributed by atoms with van der Waals surface area (Å²) in [6.45, 7) is 3.71. The first kappa shape index (κ1) is 12.0. The van der Waals surface area contributed by atoms with Gasteiger partial charge in [0.05, 0.1) is 15.5 Å². The van der Waals surface area contributed by atoms with Gasteiger partial charge in [-0.05, 0) is 24.3 Å². The maximum Gasteiger partial charge on any atom is 0.118 e. The second-order valence-corrected chi connectivity index (χ2v) is 4.70. The van der Waals surface area contributed by atoms with Gasteiger partial charge in [-0.1, -0.05) is 25.4 Å². The van der Waals surface area contributed by atoms with Crippen LogP contribution >= 0.6 is 22.9 Å². The Bertz CT molecular complexity index is 294. The highest BCUT2D eigenvalue weighted by atomic mass is 35.5. The summed E-state index contributed by atoms with van der Waals surface area (Å²) >= 11 is 7.27. The Hall–Kier alpha value is -0.0900. The van der Waals surface area contributed by atoms with E-state index in [9.17, 15) is 10.2 Å². The molecular formula is C10H15ClO2S. The summed E-state index contributed by atoms with van der Waals surface area (Å²) < 4.78 is 0. The molecule has 0 aliphatic rings. The molecule has 0 aliphatic carbocycles. The van der Waals surface area contributed by atoms with Gasteiger partial charge in [0.15, 0.2) is 0 Å². The molecule has 0 aliphatic heterocycles. The van der Waals surface area contributed by atoms with E-state index in [1.165, 1.54) is 11.3 Å². The molecule has 0 saturated heterocycles. The molecule has 0 radical (unpaired) electrons. The quantitative estimate of drug-likeness (QED) is 0.841. The molecule has 0 spiro atoms. The lowest BCUT2D eigenvalue weighted by Gasteiger charge is -2.30. The highest BCUT2D eigenvalue weighted by Crippen LogP contribution is 2.38. The van der Waals surface area contributed by atoms with E-state index in [-0.39, 0.29) is 0 Å². The van der Waals surface area contributed by atoms with Gasteiger partial charge in [0, 0.05) is 0 Å². The van der Waals surface area contributed by atoms with Gasteiger partial charge in [-0.2, -0.15) is 0 Å². The molecule has 0 saturated carbocycles. The SMILES string of the molecule is CCC(O)(CC)C(O)c1sccc1Cl. The second-order valence-electron chi connectivity index (χ2n) is 3.35. The van der Waals surface area contributed by atoms with Crippen molar-refractivity contribution < 1.29 is 10.2 Å². The summed E-state index contributed by atoms with van der Waals surface area (Å²) in [6, 6.07) is 1.73. The van der Waals surface area contributed by atoms with E-state index in [4.69, 9.17) is 11.6 Å². The number of thiophene rings is 1. The fourth-order valence-corrected chi connectivity index (χ4v) is 2.64. The van der Waals surface area contributed by atoms with Gasteiger partial charge in [-0.25, -0.2) is 0 Å². The van der Waals surface area contributed by atoms with Crippen LogP contribution in [0.1, 0.15) is 37.7 Å². The van der Waals surface area contributed by atoms with Crippen molar-refractivity contribution >= 4 is 22.9 Å². The largest absolute Gasteiger partial charge is 0.387 e. The molecule has 4 heteroatoms. The average molecular weight is 235 g/mol. The van der Waals surface area contributed by atoms with E-state index in [1.807, 2.05) is 19.2 Å². The van der Waals surface area contributed by atoms with Gasteiger partial charge in [0.25, 0.3) is 0 Å². The summed E-state index contributed by atoms with van der Waals surface area (Å²) in [7, 11) is 0. The minimum absolute atomic E-state index is 0.513. The van der Waals surface area contributed by atoms with Crippen molar-refractivity contribution in [3.8, 4) is 0 Å². The molecule has 0 aromatic carbocycles. The summed E-state index contributed by atoms with van der Waals surface area (Å²) in [6.07, 6.45) is 0.141. The highest BCUT2D eigenvalue weighted by molar-refractivity contribution is 7.10. The van der Waals surface area contributed by atoms with E-state index in [1.54, 1.807) is 6.07 Å². The van der Waals surface area contributed by atoms with Crippen molar-refractivity contribution in [3.63, 3.8) is 0 Å². The van der Waals surface area contributed by atoms with Gasteiger partial charge in [0.2, 0.25) is 0 Å². The van der Waals surface area contributed by atoms with Crippen molar-refractivity contribution in [1.82, 2.24) is 0 Å². The Labute approximate surface area is 93.2 Å². The Kier molecular flexibility index (Phi) is 3.95. The third-order valence-corrected chi connectivity index (χ3v) is 4.04. The minimum atomic E-state index is -1.06. The Morgan fingerprint density at radius 2 is 2.07 bits per heavy atom. The van der Waals surface area contributed by atoms with Crippen LogP contribution in [0.2, 0.25) is 5.02 Å². The van der Waals surface area contributed by atoms with Crippen molar-refractivity contribution in [2.45, 2.75) is 38.4 Å². The molecule has 1 rings (SSSR count). The second kappa shape index (κ2) is 4.62. The van der Waals surface area contributed by atoms with Crippen LogP contribution in [0.3, 0.4) is 0 Å². The summed E-state index contributed by atoms with van der Waals surface area (Å²) in [5, 5.41) is 22.4. The molecule has 14 heavy (non-hydrogen) atoms. The van der Waals surface area contributed by atoms with E-state index in [2.05, 4.69) is 0 Å². The number of aliphatic hydroxyl groups is 2. The van der Waals surface area contributed by atoms with Crippen LogP contribution in [0.5, 0.6) is 0 Å². The molecule has 0 fully saturated rings. The van der Waals surface area contributed by atoms with E-state index >= 15 is 0 Å². The summed E-state index contributed by atoms with van der Waals surface area (Å²) in [5.74, 6) is 0. The van der Waals surface area contributed by atoms with Crippen molar-refractivity contribution in [2.75, 3.05) is 0 Å².